The fourth-order valence-corrected chi connectivity index (χ4v) is 2.38. The molecule has 1 aliphatic rings. The third-order valence-corrected chi connectivity index (χ3v) is 4.44. The quantitative estimate of drug-likeness (QED) is 0.868. The number of primary amides is 1. The summed E-state index contributed by atoms with van der Waals surface area (Å²) in [7, 11) is -0.396. The van der Waals surface area contributed by atoms with Crippen LogP contribution in [0.5, 0.6) is 0 Å². The highest BCUT2D eigenvalue weighted by atomic mass is 16.7. The summed E-state index contributed by atoms with van der Waals surface area (Å²) >= 11 is 0. The number of anilines is 1. The van der Waals surface area contributed by atoms with Gasteiger partial charge in [-0.2, -0.15) is 0 Å². The number of hydrogen-bond donors (Lipinski definition) is 1. The Morgan fingerprint density at radius 1 is 1.14 bits per heavy atom. The predicted octanol–water partition coefficient (Wildman–Crippen LogP) is 2.28. The number of carbonyl (C=O) groups is 1. The minimum atomic E-state index is -0.440. The van der Waals surface area contributed by atoms with Gasteiger partial charge in [0.15, 0.2) is 0 Å². The van der Waals surface area contributed by atoms with Crippen LogP contribution in [0.3, 0.4) is 0 Å². The van der Waals surface area contributed by atoms with Crippen LogP contribution >= 0.6 is 0 Å². The molecule has 5 nitrogen and oxygen atoms in total. The summed E-state index contributed by atoms with van der Waals surface area (Å²) in [4.78, 5) is 13.1. The van der Waals surface area contributed by atoms with E-state index in [2.05, 4.69) is 0 Å². The van der Waals surface area contributed by atoms with Gasteiger partial charge in [0.1, 0.15) is 0 Å². The number of benzene rings is 1. The lowest BCUT2D eigenvalue weighted by molar-refractivity contribution is 0.00578. The van der Waals surface area contributed by atoms with Gasteiger partial charge in [0.2, 0.25) is 0 Å². The van der Waals surface area contributed by atoms with E-state index in [-0.39, 0.29) is 11.2 Å². The Balaban J connectivity index is 2.18. The minimum Gasteiger partial charge on any atom is -0.399 e. The first-order valence-corrected chi connectivity index (χ1v) is 7.70. The molecule has 0 saturated carbocycles. The molecule has 0 spiro atoms. The van der Waals surface area contributed by atoms with Gasteiger partial charge in [-0.15, -0.1) is 0 Å². The van der Waals surface area contributed by atoms with Gasteiger partial charge in [-0.3, -0.25) is 4.90 Å². The van der Waals surface area contributed by atoms with Gasteiger partial charge in [0, 0.05) is 12.2 Å². The normalized spacial score (nSPS) is 19.2. The van der Waals surface area contributed by atoms with Crippen molar-refractivity contribution in [3.05, 3.63) is 24.3 Å². The Morgan fingerprint density at radius 2 is 1.64 bits per heavy atom. The van der Waals surface area contributed by atoms with E-state index in [1.807, 2.05) is 58.9 Å². The molecule has 1 fully saturated rings. The molecule has 2 rings (SSSR count). The standard InChI is InChI=1S/C16H25BN2O3/c1-6-11-19(14(18)20)13-9-7-12(8-10-13)17-21-15(2,3)16(4,5)22-17/h7-10H,6,11H2,1-5H3,(H2,18,20). The van der Waals surface area contributed by atoms with Gasteiger partial charge in [0.25, 0.3) is 0 Å². The molecule has 1 aliphatic heterocycles. The maximum absolute atomic E-state index is 11.5. The monoisotopic (exact) mass is 304 g/mol. The highest BCUT2D eigenvalue weighted by Gasteiger charge is 2.51. The van der Waals surface area contributed by atoms with Gasteiger partial charge >= 0.3 is 13.1 Å². The molecule has 0 aromatic heterocycles. The fourth-order valence-electron chi connectivity index (χ4n) is 2.38. The van der Waals surface area contributed by atoms with Crippen LogP contribution in [0.25, 0.3) is 0 Å². The first-order valence-electron chi connectivity index (χ1n) is 7.70. The van der Waals surface area contributed by atoms with Gasteiger partial charge in [-0.05, 0) is 51.7 Å². The van der Waals surface area contributed by atoms with Crippen LogP contribution < -0.4 is 16.1 Å². The SMILES string of the molecule is CCCN(C(N)=O)c1ccc(B2OC(C)(C)C(C)(C)O2)cc1. The van der Waals surface area contributed by atoms with Crippen LogP contribution in [-0.2, 0) is 9.31 Å². The zero-order chi connectivity index (χ0) is 16.5. The summed E-state index contributed by atoms with van der Waals surface area (Å²) in [6.45, 7) is 10.7. The molecule has 1 aromatic rings. The highest BCUT2D eigenvalue weighted by molar-refractivity contribution is 6.62. The molecule has 1 aromatic carbocycles. The largest absolute Gasteiger partial charge is 0.494 e. The number of nitrogens with two attached hydrogens (primary N) is 1. The van der Waals surface area contributed by atoms with E-state index < -0.39 is 13.1 Å². The molecule has 1 saturated heterocycles. The smallest absolute Gasteiger partial charge is 0.399 e. The molecular formula is C16H25BN2O3. The second-order valence-electron chi connectivity index (χ2n) is 6.67. The van der Waals surface area contributed by atoms with E-state index in [1.54, 1.807) is 4.90 Å². The Bertz CT molecular complexity index is 527. The topological polar surface area (TPSA) is 64.8 Å². The van der Waals surface area contributed by atoms with Crippen molar-refractivity contribution in [1.29, 1.82) is 0 Å². The van der Waals surface area contributed by atoms with Gasteiger partial charge in [0.05, 0.1) is 11.2 Å². The summed E-state index contributed by atoms with van der Waals surface area (Å²) in [5.74, 6) is 0. The van der Waals surface area contributed by atoms with Crippen LogP contribution in [0.15, 0.2) is 24.3 Å². The van der Waals surface area contributed by atoms with E-state index in [4.69, 9.17) is 15.0 Å². The molecule has 6 heteroatoms. The Labute approximate surface area is 132 Å². The van der Waals surface area contributed by atoms with Crippen molar-refractivity contribution in [2.75, 3.05) is 11.4 Å². The molecule has 0 bridgehead atoms. The second kappa shape index (κ2) is 5.93. The average molecular weight is 304 g/mol. The van der Waals surface area contributed by atoms with E-state index >= 15 is 0 Å². The van der Waals surface area contributed by atoms with Crippen molar-refractivity contribution < 1.29 is 14.1 Å². The number of hydrogen-bond acceptors (Lipinski definition) is 3. The molecular weight excluding hydrogens is 279 g/mol. The molecule has 22 heavy (non-hydrogen) atoms. The summed E-state index contributed by atoms with van der Waals surface area (Å²) in [6.07, 6.45) is 0.849. The van der Waals surface area contributed by atoms with Crippen LogP contribution in [0.4, 0.5) is 10.5 Å². The van der Waals surface area contributed by atoms with Crippen LogP contribution in [0.1, 0.15) is 41.0 Å². The maximum Gasteiger partial charge on any atom is 0.494 e. The van der Waals surface area contributed by atoms with E-state index in [0.717, 1.165) is 17.6 Å². The van der Waals surface area contributed by atoms with Crippen molar-refractivity contribution in [3.63, 3.8) is 0 Å². The summed E-state index contributed by atoms with van der Waals surface area (Å²) in [5.41, 5.74) is 6.42. The lowest BCUT2D eigenvalue weighted by Crippen LogP contribution is -2.41. The minimum absolute atomic E-state index is 0.363. The Hall–Kier alpha value is -1.53. The summed E-state index contributed by atoms with van der Waals surface area (Å²) in [6, 6.07) is 7.15. The third kappa shape index (κ3) is 3.13. The number of amides is 2. The van der Waals surface area contributed by atoms with Crippen molar-refractivity contribution in [1.82, 2.24) is 0 Å². The molecule has 0 radical (unpaired) electrons. The van der Waals surface area contributed by atoms with Crippen molar-refractivity contribution in [3.8, 4) is 0 Å². The molecule has 1 heterocycles. The number of nitrogens with zero attached hydrogens (tertiary/aromatic N) is 1. The highest BCUT2D eigenvalue weighted by Crippen LogP contribution is 2.36. The first kappa shape index (κ1) is 16.8. The molecule has 2 N–H and O–H groups in total. The van der Waals surface area contributed by atoms with Crippen LogP contribution in [0.2, 0.25) is 0 Å². The van der Waals surface area contributed by atoms with Crippen LogP contribution in [0, 0.1) is 0 Å². The Kier molecular flexibility index (Phi) is 4.54. The lowest BCUT2D eigenvalue weighted by Gasteiger charge is -2.32. The average Bonchev–Trinajstić information content (AvgIpc) is 2.65. The van der Waals surface area contributed by atoms with Gasteiger partial charge < -0.3 is 15.0 Å². The summed E-state index contributed by atoms with van der Waals surface area (Å²) in [5, 5.41) is 0. The zero-order valence-corrected chi connectivity index (χ0v) is 14.1. The lowest BCUT2D eigenvalue weighted by atomic mass is 9.79. The molecule has 2 amide bonds. The number of urea groups is 1. The second-order valence-corrected chi connectivity index (χ2v) is 6.67. The molecule has 0 unspecified atom stereocenters. The van der Waals surface area contributed by atoms with Crippen LogP contribution in [-0.4, -0.2) is 30.9 Å². The number of rotatable bonds is 4. The van der Waals surface area contributed by atoms with Crippen molar-refractivity contribution >= 4 is 24.3 Å². The van der Waals surface area contributed by atoms with E-state index in [0.29, 0.717) is 6.54 Å². The van der Waals surface area contributed by atoms with Gasteiger partial charge in [-0.25, -0.2) is 4.79 Å². The zero-order valence-electron chi connectivity index (χ0n) is 14.1. The predicted molar refractivity (Wildman–Crippen MR) is 89.4 cm³/mol. The fraction of sp³-hybridized carbons (Fsp3) is 0.562. The summed E-state index contributed by atoms with van der Waals surface area (Å²) < 4.78 is 12.0. The third-order valence-electron chi connectivity index (χ3n) is 4.44. The first-order chi connectivity index (χ1) is 10.2. The maximum atomic E-state index is 11.5. The molecule has 0 atom stereocenters. The molecule has 0 aliphatic carbocycles. The van der Waals surface area contributed by atoms with E-state index in [1.165, 1.54) is 0 Å². The van der Waals surface area contributed by atoms with Crippen molar-refractivity contribution in [2.24, 2.45) is 5.73 Å². The van der Waals surface area contributed by atoms with Crippen molar-refractivity contribution in [2.45, 2.75) is 52.2 Å². The Morgan fingerprint density at radius 3 is 2.05 bits per heavy atom. The van der Waals surface area contributed by atoms with Gasteiger partial charge in [-0.1, -0.05) is 19.1 Å². The number of carbonyl (C=O) groups excluding carboxylic acids is 1. The molecule has 120 valence electrons. The van der Waals surface area contributed by atoms with E-state index in [9.17, 15) is 4.79 Å².